The highest BCUT2D eigenvalue weighted by Crippen LogP contribution is 2.20. The average molecular weight is 166 g/mol. The molecule has 66 valence electrons. The van der Waals surface area contributed by atoms with Gasteiger partial charge >= 0.3 is 0 Å². The lowest BCUT2D eigenvalue weighted by Crippen LogP contribution is -1.91. The van der Waals surface area contributed by atoms with E-state index >= 15 is 0 Å². The van der Waals surface area contributed by atoms with Crippen molar-refractivity contribution in [2.24, 2.45) is 5.92 Å². The van der Waals surface area contributed by atoms with Crippen LogP contribution in [0.1, 0.15) is 20.3 Å². The summed E-state index contributed by atoms with van der Waals surface area (Å²) in [5, 5.41) is 18.3. The van der Waals surface area contributed by atoms with Crippen LogP contribution in [0.3, 0.4) is 0 Å². The van der Waals surface area contributed by atoms with Gasteiger partial charge < -0.3 is 10.2 Å². The fourth-order valence-electron chi connectivity index (χ4n) is 1.09. The first-order chi connectivity index (χ1) is 5.61. The van der Waals surface area contributed by atoms with Crippen LogP contribution in [-0.2, 0) is 0 Å². The van der Waals surface area contributed by atoms with Crippen molar-refractivity contribution in [3.63, 3.8) is 0 Å². The highest BCUT2D eigenvalue weighted by atomic mass is 16.3. The Labute approximate surface area is 72.5 Å². The molecule has 0 saturated heterocycles. The molecule has 0 amide bonds. The molecule has 0 spiro atoms. The van der Waals surface area contributed by atoms with Gasteiger partial charge in [-0.15, -0.1) is 0 Å². The van der Waals surface area contributed by atoms with E-state index < -0.39 is 0 Å². The summed E-state index contributed by atoms with van der Waals surface area (Å²) in [6, 6.07) is 0. The SMILES string of the molecule is CC(C)C1=CC=C(O)C(O)=CC1. The van der Waals surface area contributed by atoms with E-state index in [1.807, 2.05) is 6.08 Å². The monoisotopic (exact) mass is 166 g/mol. The van der Waals surface area contributed by atoms with Gasteiger partial charge in [0.1, 0.15) is 0 Å². The molecule has 2 N–H and O–H groups in total. The Morgan fingerprint density at radius 2 is 1.83 bits per heavy atom. The van der Waals surface area contributed by atoms with E-state index in [1.165, 1.54) is 11.6 Å². The molecule has 12 heavy (non-hydrogen) atoms. The zero-order valence-corrected chi connectivity index (χ0v) is 7.41. The topological polar surface area (TPSA) is 40.5 Å². The molecule has 1 aliphatic rings. The lowest BCUT2D eigenvalue weighted by molar-refractivity contribution is 0.326. The maximum atomic E-state index is 9.17. The minimum Gasteiger partial charge on any atom is -0.504 e. The van der Waals surface area contributed by atoms with Crippen molar-refractivity contribution in [2.45, 2.75) is 20.3 Å². The lowest BCUT2D eigenvalue weighted by atomic mass is 10.0. The van der Waals surface area contributed by atoms with Crippen molar-refractivity contribution in [2.75, 3.05) is 0 Å². The standard InChI is InChI=1S/C10H14O2/c1-7(2)8-3-5-9(11)10(12)6-4-8/h3,5-7,11-12H,4H2,1-2H3. The molecule has 0 unspecified atom stereocenters. The minimum absolute atomic E-state index is 0.0260. The first-order valence-electron chi connectivity index (χ1n) is 4.10. The van der Waals surface area contributed by atoms with Crippen LogP contribution in [0.25, 0.3) is 0 Å². The maximum Gasteiger partial charge on any atom is 0.157 e. The predicted molar refractivity (Wildman–Crippen MR) is 49.0 cm³/mol. The summed E-state index contributed by atoms with van der Waals surface area (Å²) in [7, 11) is 0. The molecule has 1 rings (SSSR count). The summed E-state index contributed by atoms with van der Waals surface area (Å²) in [6.07, 6.45) is 5.74. The number of aliphatic hydroxyl groups is 2. The van der Waals surface area contributed by atoms with Crippen LogP contribution in [0.5, 0.6) is 0 Å². The largest absolute Gasteiger partial charge is 0.504 e. The molecular formula is C10H14O2. The molecule has 0 bridgehead atoms. The van der Waals surface area contributed by atoms with Crippen LogP contribution in [0.2, 0.25) is 0 Å². The molecule has 0 heterocycles. The molecule has 2 heteroatoms. The van der Waals surface area contributed by atoms with Gasteiger partial charge in [-0.1, -0.05) is 25.5 Å². The van der Waals surface area contributed by atoms with Crippen molar-refractivity contribution in [3.8, 4) is 0 Å². The Hall–Kier alpha value is -1.18. The van der Waals surface area contributed by atoms with Crippen LogP contribution in [0.4, 0.5) is 0 Å². The molecule has 2 nitrogen and oxygen atoms in total. The number of aliphatic hydroxyl groups excluding tert-OH is 2. The Morgan fingerprint density at radius 1 is 1.17 bits per heavy atom. The molecule has 0 aliphatic heterocycles. The van der Waals surface area contributed by atoms with Crippen molar-refractivity contribution < 1.29 is 10.2 Å². The summed E-state index contributed by atoms with van der Waals surface area (Å²) in [4.78, 5) is 0. The second kappa shape index (κ2) is 3.48. The van der Waals surface area contributed by atoms with Gasteiger partial charge in [-0.2, -0.15) is 0 Å². The van der Waals surface area contributed by atoms with Gasteiger partial charge in [0.05, 0.1) is 0 Å². The highest BCUT2D eigenvalue weighted by Gasteiger charge is 2.07. The van der Waals surface area contributed by atoms with E-state index in [-0.39, 0.29) is 11.5 Å². The van der Waals surface area contributed by atoms with Crippen LogP contribution < -0.4 is 0 Å². The fourth-order valence-corrected chi connectivity index (χ4v) is 1.09. The van der Waals surface area contributed by atoms with Crippen molar-refractivity contribution in [1.29, 1.82) is 0 Å². The average Bonchev–Trinajstić information content (AvgIpc) is 2.16. The van der Waals surface area contributed by atoms with Crippen LogP contribution in [0, 0.1) is 5.92 Å². The zero-order chi connectivity index (χ0) is 9.14. The Morgan fingerprint density at radius 3 is 2.42 bits per heavy atom. The first-order valence-corrected chi connectivity index (χ1v) is 4.10. The van der Waals surface area contributed by atoms with Gasteiger partial charge in [0.25, 0.3) is 0 Å². The lowest BCUT2D eigenvalue weighted by Gasteiger charge is -2.05. The van der Waals surface area contributed by atoms with Crippen molar-refractivity contribution >= 4 is 0 Å². The fraction of sp³-hybridized carbons (Fsp3) is 0.400. The number of rotatable bonds is 1. The van der Waals surface area contributed by atoms with E-state index in [9.17, 15) is 0 Å². The molecule has 0 saturated carbocycles. The second-order valence-electron chi connectivity index (χ2n) is 3.24. The summed E-state index contributed by atoms with van der Waals surface area (Å²) >= 11 is 0. The van der Waals surface area contributed by atoms with Crippen LogP contribution >= 0.6 is 0 Å². The van der Waals surface area contributed by atoms with Gasteiger partial charge in [0, 0.05) is 0 Å². The molecule has 0 radical (unpaired) electrons. The molecule has 0 aromatic heterocycles. The third-order valence-corrected chi connectivity index (χ3v) is 1.99. The molecule has 0 atom stereocenters. The third kappa shape index (κ3) is 1.91. The number of hydrogen-bond acceptors (Lipinski definition) is 2. The van der Waals surface area contributed by atoms with Gasteiger partial charge in [-0.25, -0.2) is 0 Å². The minimum atomic E-state index is -0.0503. The maximum absolute atomic E-state index is 9.17. The smallest absolute Gasteiger partial charge is 0.157 e. The number of allylic oxidation sites excluding steroid dienone is 4. The molecule has 1 aliphatic carbocycles. The Bertz CT molecular complexity index is 257. The second-order valence-corrected chi connectivity index (χ2v) is 3.24. The van der Waals surface area contributed by atoms with Gasteiger partial charge in [-0.3, -0.25) is 0 Å². The summed E-state index contributed by atoms with van der Waals surface area (Å²) in [6.45, 7) is 4.18. The third-order valence-electron chi connectivity index (χ3n) is 1.99. The first kappa shape index (κ1) is 8.91. The Kier molecular flexibility index (Phi) is 2.58. The van der Waals surface area contributed by atoms with Gasteiger partial charge in [-0.05, 0) is 24.5 Å². The molecule has 0 aromatic rings. The summed E-state index contributed by atoms with van der Waals surface area (Å²) in [5.74, 6) is 0.378. The van der Waals surface area contributed by atoms with E-state index in [2.05, 4.69) is 13.8 Å². The van der Waals surface area contributed by atoms with Crippen LogP contribution in [-0.4, -0.2) is 10.2 Å². The quantitative estimate of drug-likeness (QED) is 0.628. The molecular weight excluding hydrogens is 152 g/mol. The van der Waals surface area contributed by atoms with Crippen LogP contribution in [0.15, 0.2) is 35.3 Å². The molecule has 0 fully saturated rings. The summed E-state index contributed by atoms with van der Waals surface area (Å²) < 4.78 is 0. The van der Waals surface area contributed by atoms with E-state index in [1.54, 1.807) is 6.08 Å². The van der Waals surface area contributed by atoms with E-state index in [0.717, 1.165) is 0 Å². The summed E-state index contributed by atoms with van der Waals surface area (Å²) in [5.41, 5.74) is 1.21. The van der Waals surface area contributed by atoms with Gasteiger partial charge in [0.15, 0.2) is 11.5 Å². The van der Waals surface area contributed by atoms with Crippen molar-refractivity contribution in [1.82, 2.24) is 0 Å². The highest BCUT2D eigenvalue weighted by molar-refractivity contribution is 5.30. The molecule has 0 aromatic carbocycles. The predicted octanol–water partition coefficient (Wildman–Crippen LogP) is 2.86. The number of hydrogen-bond donors (Lipinski definition) is 2. The normalized spacial score (nSPS) is 18.1. The van der Waals surface area contributed by atoms with Crippen molar-refractivity contribution in [3.05, 3.63) is 35.3 Å². The van der Waals surface area contributed by atoms with E-state index in [4.69, 9.17) is 10.2 Å². The van der Waals surface area contributed by atoms with Gasteiger partial charge in [0.2, 0.25) is 0 Å². The van der Waals surface area contributed by atoms with E-state index in [0.29, 0.717) is 12.3 Å². The Balaban J connectivity index is 2.87. The zero-order valence-electron chi connectivity index (χ0n) is 7.41.